The zero-order valence-corrected chi connectivity index (χ0v) is 8.42. The van der Waals surface area contributed by atoms with Crippen LogP contribution in [0.5, 0.6) is 0 Å². The molecule has 0 radical (unpaired) electrons. The molecule has 1 aromatic carbocycles. The van der Waals surface area contributed by atoms with E-state index in [-0.39, 0.29) is 11.2 Å². The van der Waals surface area contributed by atoms with Crippen LogP contribution in [0.25, 0.3) is 0 Å². The van der Waals surface area contributed by atoms with E-state index in [1.807, 2.05) is 12.1 Å². The van der Waals surface area contributed by atoms with Crippen LogP contribution in [0.3, 0.4) is 0 Å². The quantitative estimate of drug-likeness (QED) is 0.668. The minimum Gasteiger partial charge on any atom is -0.381 e. The summed E-state index contributed by atoms with van der Waals surface area (Å²) >= 11 is 0. The number of hydrogen-bond acceptors (Lipinski definition) is 1. The highest BCUT2D eigenvalue weighted by Crippen LogP contribution is 2.33. The lowest BCUT2D eigenvalue weighted by Crippen LogP contribution is -2.30. The maximum absolute atomic E-state index is 12.8. The molecule has 1 aliphatic heterocycles. The number of halogens is 1. The minimum atomic E-state index is -0.163. The van der Waals surface area contributed by atoms with Gasteiger partial charge in [0.05, 0.1) is 0 Å². The Kier molecular flexibility index (Phi) is 2.55. The van der Waals surface area contributed by atoms with Gasteiger partial charge in [0.1, 0.15) is 5.82 Å². The highest BCUT2D eigenvalue weighted by Gasteiger charge is 2.28. The predicted molar refractivity (Wildman–Crippen MR) is 53.8 cm³/mol. The number of benzene rings is 1. The van der Waals surface area contributed by atoms with Crippen molar-refractivity contribution in [3.63, 3.8) is 0 Å². The second-order valence-corrected chi connectivity index (χ2v) is 4.18. The molecule has 1 heterocycles. The summed E-state index contributed by atoms with van der Waals surface area (Å²) in [5.41, 5.74) is 1.40. The molecule has 1 aromatic rings. The van der Waals surface area contributed by atoms with Gasteiger partial charge >= 0.3 is 0 Å². The summed E-state index contributed by atoms with van der Waals surface area (Å²) in [5.74, 6) is -0.163. The van der Waals surface area contributed by atoms with E-state index < -0.39 is 0 Å². The lowest BCUT2D eigenvalue weighted by atomic mass is 9.76. The van der Waals surface area contributed by atoms with Gasteiger partial charge < -0.3 is 4.74 Å². The number of rotatable bonds is 1. The molecule has 0 N–H and O–H groups in total. The third kappa shape index (κ3) is 1.80. The fourth-order valence-electron chi connectivity index (χ4n) is 1.96. The molecule has 1 saturated heterocycles. The van der Waals surface area contributed by atoms with E-state index in [4.69, 9.17) is 4.74 Å². The van der Waals surface area contributed by atoms with Crippen molar-refractivity contribution >= 4 is 0 Å². The molecular formula is C12H15FO. The molecule has 1 aliphatic rings. The highest BCUT2D eigenvalue weighted by molar-refractivity contribution is 5.25. The van der Waals surface area contributed by atoms with Crippen molar-refractivity contribution in [1.82, 2.24) is 0 Å². The normalized spacial score (nSPS) is 20.7. The largest absolute Gasteiger partial charge is 0.381 e. The van der Waals surface area contributed by atoms with Gasteiger partial charge in [0, 0.05) is 13.2 Å². The van der Waals surface area contributed by atoms with Gasteiger partial charge in [-0.3, -0.25) is 0 Å². The Balaban J connectivity index is 2.23. The Hall–Kier alpha value is -0.890. The first-order chi connectivity index (χ1) is 6.71. The molecule has 0 spiro atoms. The lowest BCUT2D eigenvalue weighted by molar-refractivity contribution is 0.0564. The minimum absolute atomic E-state index is 0.163. The predicted octanol–water partition coefficient (Wildman–Crippen LogP) is 2.89. The summed E-state index contributed by atoms with van der Waals surface area (Å²) in [6.45, 7) is 3.85. The summed E-state index contributed by atoms with van der Waals surface area (Å²) in [4.78, 5) is 0. The number of hydrogen-bond donors (Lipinski definition) is 0. The van der Waals surface area contributed by atoms with Crippen LogP contribution in [0.2, 0.25) is 0 Å². The van der Waals surface area contributed by atoms with E-state index in [1.165, 1.54) is 17.7 Å². The van der Waals surface area contributed by atoms with Crippen LogP contribution in [-0.4, -0.2) is 13.2 Å². The van der Waals surface area contributed by atoms with Crippen LogP contribution < -0.4 is 0 Å². The van der Waals surface area contributed by atoms with Crippen LogP contribution in [0.15, 0.2) is 24.3 Å². The van der Waals surface area contributed by atoms with Crippen LogP contribution in [-0.2, 0) is 10.2 Å². The molecule has 0 aliphatic carbocycles. The van der Waals surface area contributed by atoms with Gasteiger partial charge in [-0.05, 0) is 36.0 Å². The van der Waals surface area contributed by atoms with Gasteiger partial charge in [-0.25, -0.2) is 4.39 Å². The first kappa shape index (κ1) is 9.66. The van der Waals surface area contributed by atoms with Gasteiger partial charge in [-0.15, -0.1) is 0 Å². The van der Waals surface area contributed by atoms with E-state index in [9.17, 15) is 4.39 Å². The molecule has 2 rings (SSSR count). The topological polar surface area (TPSA) is 9.23 Å². The summed E-state index contributed by atoms with van der Waals surface area (Å²) in [6, 6.07) is 6.85. The molecule has 14 heavy (non-hydrogen) atoms. The maximum atomic E-state index is 12.8. The van der Waals surface area contributed by atoms with Gasteiger partial charge in [-0.1, -0.05) is 19.1 Å². The molecule has 1 nitrogen and oxygen atoms in total. The molecule has 1 fully saturated rings. The average molecular weight is 194 g/mol. The number of ether oxygens (including phenoxy) is 1. The van der Waals surface area contributed by atoms with Crippen LogP contribution >= 0.6 is 0 Å². The first-order valence-electron chi connectivity index (χ1n) is 5.04. The molecule has 0 bridgehead atoms. The van der Waals surface area contributed by atoms with E-state index in [0.717, 1.165) is 26.1 Å². The molecule has 0 atom stereocenters. The van der Waals surface area contributed by atoms with Crippen LogP contribution in [0, 0.1) is 5.82 Å². The fourth-order valence-corrected chi connectivity index (χ4v) is 1.96. The molecular weight excluding hydrogens is 179 g/mol. The molecule has 0 aromatic heterocycles. The summed E-state index contributed by atoms with van der Waals surface area (Å²) < 4.78 is 18.1. The van der Waals surface area contributed by atoms with Gasteiger partial charge in [0.15, 0.2) is 0 Å². The van der Waals surface area contributed by atoms with Crippen LogP contribution in [0.4, 0.5) is 4.39 Å². The third-order valence-electron chi connectivity index (χ3n) is 3.14. The second-order valence-electron chi connectivity index (χ2n) is 4.18. The van der Waals surface area contributed by atoms with Crippen molar-refractivity contribution in [2.45, 2.75) is 25.2 Å². The van der Waals surface area contributed by atoms with Gasteiger partial charge in [0.25, 0.3) is 0 Å². The molecule has 2 heteroatoms. The van der Waals surface area contributed by atoms with Gasteiger partial charge in [0.2, 0.25) is 0 Å². The fraction of sp³-hybridized carbons (Fsp3) is 0.500. The first-order valence-corrected chi connectivity index (χ1v) is 5.04. The van der Waals surface area contributed by atoms with Crippen molar-refractivity contribution in [2.75, 3.05) is 13.2 Å². The molecule has 0 unspecified atom stereocenters. The zero-order valence-electron chi connectivity index (χ0n) is 8.42. The van der Waals surface area contributed by atoms with E-state index in [1.54, 1.807) is 0 Å². The van der Waals surface area contributed by atoms with E-state index in [2.05, 4.69) is 6.92 Å². The van der Waals surface area contributed by atoms with E-state index >= 15 is 0 Å². The summed E-state index contributed by atoms with van der Waals surface area (Å²) in [5, 5.41) is 0. The van der Waals surface area contributed by atoms with Crippen LogP contribution in [0.1, 0.15) is 25.3 Å². The summed E-state index contributed by atoms with van der Waals surface area (Å²) in [6.07, 6.45) is 2.05. The van der Waals surface area contributed by atoms with Crippen molar-refractivity contribution in [3.8, 4) is 0 Å². The van der Waals surface area contributed by atoms with Crippen molar-refractivity contribution in [1.29, 1.82) is 0 Å². The van der Waals surface area contributed by atoms with Crippen molar-refractivity contribution in [2.24, 2.45) is 0 Å². The smallest absolute Gasteiger partial charge is 0.123 e. The monoisotopic (exact) mass is 194 g/mol. The third-order valence-corrected chi connectivity index (χ3v) is 3.14. The zero-order chi connectivity index (χ0) is 10.0. The Morgan fingerprint density at radius 1 is 1.14 bits per heavy atom. The Morgan fingerprint density at radius 2 is 1.71 bits per heavy atom. The van der Waals surface area contributed by atoms with Crippen molar-refractivity contribution in [3.05, 3.63) is 35.6 Å². The van der Waals surface area contributed by atoms with Gasteiger partial charge in [-0.2, -0.15) is 0 Å². The molecule has 0 amide bonds. The Labute approximate surface area is 83.9 Å². The summed E-state index contributed by atoms with van der Waals surface area (Å²) in [7, 11) is 0. The lowest BCUT2D eigenvalue weighted by Gasteiger charge is -2.34. The SMILES string of the molecule is CC1(c2ccc(F)cc2)CCOCC1. The van der Waals surface area contributed by atoms with Crippen molar-refractivity contribution < 1.29 is 9.13 Å². The molecule has 76 valence electrons. The Morgan fingerprint density at radius 3 is 2.29 bits per heavy atom. The maximum Gasteiger partial charge on any atom is 0.123 e. The molecule has 0 saturated carbocycles. The van der Waals surface area contributed by atoms with E-state index in [0.29, 0.717) is 0 Å². The standard InChI is InChI=1S/C12H15FO/c1-12(6-8-14-9-7-12)10-2-4-11(13)5-3-10/h2-5H,6-9H2,1H3. The Bertz CT molecular complexity index is 299. The second kappa shape index (κ2) is 3.70. The highest BCUT2D eigenvalue weighted by atomic mass is 19.1. The average Bonchev–Trinajstić information content (AvgIpc) is 2.19.